The van der Waals surface area contributed by atoms with E-state index in [0.29, 0.717) is 13.0 Å². The van der Waals surface area contributed by atoms with Gasteiger partial charge in [0.15, 0.2) is 0 Å². The van der Waals surface area contributed by atoms with Crippen LogP contribution in [0.25, 0.3) is 12.2 Å². The maximum atomic E-state index is 9.47. The summed E-state index contributed by atoms with van der Waals surface area (Å²) in [5, 5.41) is 18.8. The van der Waals surface area contributed by atoms with Gasteiger partial charge in [0.25, 0.3) is 0 Å². The molecule has 0 fully saturated rings. The quantitative estimate of drug-likeness (QED) is 0.184. The van der Waals surface area contributed by atoms with Gasteiger partial charge in [0.1, 0.15) is 27.9 Å². The molecule has 0 saturated heterocycles. The third kappa shape index (κ3) is 7.23. The summed E-state index contributed by atoms with van der Waals surface area (Å²) >= 11 is 10.0. The number of rotatable bonds is 10. The van der Waals surface area contributed by atoms with Gasteiger partial charge in [0, 0.05) is 6.42 Å². The van der Waals surface area contributed by atoms with Crippen molar-refractivity contribution in [1.29, 1.82) is 10.5 Å². The lowest BCUT2D eigenvalue weighted by Crippen LogP contribution is -2.10. The molecule has 0 heterocycles. The molecule has 0 aromatic heterocycles. The third-order valence-electron chi connectivity index (χ3n) is 5.86. The van der Waals surface area contributed by atoms with E-state index in [1.54, 1.807) is 12.2 Å². The second-order valence-corrected chi connectivity index (χ2v) is 9.21. The fraction of sp³-hybridized carbons (Fsp3) is 0.286. The first-order valence-corrected chi connectivity index (χ1v) is 12.1. The molecule has 180 valence electrons. The summed E-state index contributed by atoms with van der Waals surface area (Å²) in [5.41, 5.74) is 19.0. The smallest absolute Gasteiger partial charge is 0.122 e. The van der Waals surface area contributed by atoms with Crippen molar-refractivity contribution in [1.82, 2.24) is 0 Å². The molecule has 5 nitrogen and oxygen atoms in total. The summed E-state index contributed by atoms with van der Waals surface area (Å²) in [6.07, 6.45) is 6.04. The van der Waals surface area contributed by atoms with Crippen molar-refractivity contribution in [2.75, 3.05) is 6.61 Å². The molecule has 0 unspecified atom stereocenters. The molecule has 0 amide bonds. The number of unbranched alkanes of at least 4 members (excludes halogenated alkanes) is 1. The van der Waals surface area contributed by atoms with E-state index in [1.165, 1.54) is 0 Å². The number of hydrogen-bond acceptors (Lipinski definition) is 5. The predicted octanol–water partition coefficient (Wildman–Crippen LogP) is 5.77. The van der Waals surface area contributed by atoms with Gasteiger partial charge in [0.2, 0.25) is 0 Å². The monoisotopic (exact) mass is 502 g/mol. The molecular weight excluding hydrogens is 472 g/mol. The summed E-state index contributed by atoms with van der Waals surface area (Å²) < 4.78 is 6.10. The zero-order valence-electron chi connectivity index (χ0n) is 20.6. The topological polar surface area (TPSA) is 109 Å². The van der Waals surface area contributed by atoms with E-state index in [9.17, 15) is 10.5 Å². The largest absolute Gasteiger partial charge is 0.493 e. The van der Waals surface area contributed by atoms with Gasteiger partial charge in [-0.05, 0) is 90.4 Å². The number of aryl methyl sites for hydroxylation is 1. The Morgan fingerprint density at radius 3 is 2.14 bits per heavy atom. The molecule has 2 rings (SSSR count). The fourth-order valence-electron chi connectivity index (χ4n) is 3.67. The zero-order valence-corrected chi connectivity index (χ0v) is 22.2. The molecule has 0 aliphatic carbocycles. The van der Waals surface area contributed by atoms with E-state index in [4.69, 9.17) is 40.6 Å². The van der Waals surface area contributed by atoms with E-state index in [0.717, 1.165) is 57.5 Å². The number of ether oxygens (including phenoxy) is 1. The van der Waals surface area contributed by atoms with Crippen LogP contribution in [0.3, 0.4) is 0 Å². The molecule has 2 aromatic rings. The molecule has 0 atom stereocenters. The third-order valence-corrected chi connectivity index (χ3v) is 6.30. The minimum absolute atomic E-state index is 0.0601. The Hall–Kier alpha value is -3.52. The molecule has 35 heavy (non-hydrogen) atoms. The Morgan fingerprint density at radius 2 is 1.57 bits per heavy atom. The average molecular weight is 503 g/mol. The lowest BCUT2D eigenvalue weighted by atomic mass is 9.89. The normalized spacial score (nSPS) is 11.5. The van der Waals surface area contributed by atoms with Crippen molar-refractivity contribution >= 4 is 46.6 Å². The first-order valence-electron chi connectivity index (χ1n) is 11.3. The maximum absolute atomic E-state index is 9.47. The van der Waals surface area contributed by atoms with Gasteiger partial charge in [-0.1, -0.05) is 49.9 Å². The summed E-state index contributed by atoms with van der Waals surface area (Å²) in [4.78, 5) is 0.136. The minimum atomic E-state index is 0.0601. The molecule has 0 radical (unpaired) electrons. The second-order valence-electron chi connectivity index (χ2n) is 8.33. The molecular formula is C28H30N4OS2. The average Bonchev–Trinajstić information content (AvgIpc) is 2.82. The highest BCUT2D eigenvalue weighted by Gasteiger charge is 2.14. The molecule has 0 spiro atoms. The Labute approximate surface area is 218 Å². The molecule has 0 bridgehead atoms. The van der Waals surface area contributed by atoms with Gasteiger partial charge in [-0.25, -0.2) is 0 Å². The number of benzene rings is 2. The lowest BCUT2D eigenvalue weighted by molar-refractivity contribution is 0.306. The van der Waals surface area contributed by atoms with Gasteiger partial charge < -0.3 is 16.2 Å². The van der Waals surface area contributed by atoms with Crippen molar-refractivity contribution in [3.63, 3.8) is 0 Å². The van der Waals surface area contributed by atoms with Gasteiger partial charge in [-0.2, -0.15) is 10.5 Å². The number of nitrogens with zero attached hydrogens (tertiary/aromatic N) is 2. The first-order chi connectivity index (χ1) is 16.6. The minimum Gasteiger partial charge on any atom is -0.493 e. The van der Waals surface area contributed by atoms with E-state index < -0.39 is 0 Å². The summed E-state index contributed by atoms with van der Waals surface area (Å²) in [7, 11) is 0. The first kappa shape index (κ1) is 27.7. The highest BCUT2D eigenvalue weighted by molar-refractivity contribution is 7.81. The van der Waals surface area contributed by atoms with E-state index in [1.807, 2.05) is 45.0 Å². The Balaban J connectivity index is 2.64. The van der Waals surface area contributed by atoms with Crippen LogP contribution in [-0.2, 0) is 6.42 Å². The summed E-state index contributed by atoms with van der Waals surface area (Å²) in [6.45, 7) is 8.84. The van der Waals surface area contributed by atoms with Gasteiger partial charge >= 0.3 is 0 Å². The van der Waals surface area contributed by atoms with Crippen molar-refractivity contribution in [2.24, 2.45) is 11.5 Å². The molecule has 7 heteroatoms. The van der Waals surface area contributed by atoms with Crippen LogP contribution in [-0.4, -0.2) is 16.6 Å². The fourth-order valence-corrected chi connectivity index (χ4v) is 3.88. The van der Waals surface area contributed by atoms with Crippen LogP contribution in [0, 0.1) is 43.4 Å². The van der Waals surface area contributed by atoms with Crippen LogP contribution >= 0.6 is 24.4 Å². The Bertz CT molecular complexity index is 1290. The van der Waals surface area contributed by atoms with E-state index in [2.05, 4.69) is 19.1 Å². The van der Waals surface area contributed by atoms with Crippen LogP contribution in [0.4, 0.5) is 0 Å². The van der Waals surface area contributed by atoms with Crippen molar-refractivity contribution in [3.05, 3.63) is 74.4 Å². The van der Waals surface area contributed by atoms with E-state index >= 15 is 0 Å². The van der Waals surface area contributed by atoms with Gasteiger partial charge in [-0.3, -0.25) is 0 Å². The predicted molar refractivity (Wildman–Crippen MR) is 151 cm³/mol. The SMILES string of the molecule is CCCCOc1ccc(/C=C(/C#N)C(N)=S)cc1Cc1cc(C)c(C)c(/C=C(/C#N)C(N)=S)c1C. The number of nitriles is 2. The number of thiocarbonyl (C=S) groups is 2. The maximum Gasteiger partial charge on any atom is 0.122 e. The van der Waals surface area contributed by atoms with Gasteiger partial charge in [0.05, 0.1) is 17.8 Å². The van der Waals surface area contributed by atoms with Crippen molar-refractivity contribution in [2.45, 2.75) is 47.0 Å². The van der Waals surface area contributed by atoms with Crippen molar-refractivity contribution < 1.29 is 4.74 Å². The van der Waals surface area contributed by atoms with E-state index in [-0.39, 0.29) is 21.1 Å². The summed E-state index contributed by atoms with van der Waals surface area (Å²) in [5.74, 6) is 0.792. The summed E-state index contributed by atoms with van der Waals surface area (Å²) in [6, 6.07) is 12.1. The number of nitrogens with two attached hydrogens (primary N) is 2. The lowest BCUT2D eigenvalue weighted by Gasteiger charge is -2.18. The molecule has 0 aliphatic heterocycles. The van der Waals surface area contributed by atoms with Crippen LogP contribution in [0.1, 0.15) is 58.7 Å². The van der Waals surface area contributed by atoms with Crippen LogP contribution in [0.5, 0.6) is 5.75 Å². The Morgan fingerprint density at radius 1 is 0.943 bits per heavy atom. The van der Waals surface area contributed by atoms with Crippen LogP contribution in [0.2, 0.25) is 0 Å². The second kappa shape index (κ2) is 12.8. The molecule has 4 N–H and O–H groups in total. The van der Waals surface area contributed by atoms with Crippen LogP contribution < -0.4 is 16.2 Å². The highest BCUT2D eigenvalue weighted by atomic mass is 32.1. The van der Waals surface area contributed by atoms with Gasteiger partial charge in [-0.15, -0.1) is 0 Å². The highest BCUT2D eigenvalue weighted by Crippen LogP contribution is 2.30. The molecule has 2 aromatic carbocycles. The number of hydrogen-bond donors (Lipinski definition) is 2. The molecule has 0 aliphatic rings. The zero-order chi connectivity index (χ0) is 26.1. The van der Waals surface area contributed by atoms with Crippen LogP contribution in [0.15, 0.2) is 35.4 Å². The standard InChI is InChI=1S/C28H30N4OS2/c1-5-6-9-33-26-8-7-20(12-23(15-29)27(31)34)11-22(26)13-21-10-17(2)18(3)25(19(21)4)14-24(16-30)28(32)35/h7-8,10-12,14H,5-6,9,13H2,1-4H3,(H2,31,34)(H2,32,35)/b23-12-,24-14-. The molecule has 0 saturated carbocycles. The Kier molecular flexibility index (Phi) is 10.1. The van der Waals surface area contributed by atoms with Crippen molar-refractivity contribution in [3.8, 4) is 17.9 Å².